The Hall–Kier alpha value is -1.91. The van der Waals surface area contributed by atoms with E-state index in [0.29, 0.717) is 0 Å². The number of rotatable bonds is 5. The monoisotopic (exact) mass is 359 g/mol. The molecule has 1 N–H and O–H groups in total. The summed E-state index contributed by atoms with van der Waals surface area (Å²) in [5.74, 6) is 1.21. The molecule has 4 aliphatic carbocycles. The fourth-order valence-corrected chi connectivity index (χ4v) is 5.94. The van der Waals surface area contributed by atoms with Crippen LogP contribution in [-0.2, 0) is 9.53 Å². The second-order valence-electron chi connectivity index (χ2n) is 8.65. The lowest BCUT2D eigenvalue weighted by Crippen LogP contribution is -2.56. The Morgan fingerprint density at radius 3 is 2.19 bits per heavy atom. The van der Waals surface area contributed by atoms with Gasteiger partial charge in [-0.05, 0) is 92.9 Å². The van der Waals surface area contributed by atoms with Crippen LogP contribution >= 0.6 is 0 Å². The highest BCUT2D eigenvalue weighted by atomic mass is 19.1. The van der Waals surface area contributed by atoms with Crippen LogP contribution in [0, 0.1) is 29.0 Å². The summed E-state index contributed by atoms with van der Waals surface area (Å²) in [6.07, 6.45) is 7.76. The molecule has 140 valence electrons. The quantitative estimate of drug-likeness (QED) is 0.816. The molecule has 4 bridgehead atoms. The average Bonchev–Trinajstić information content (AvgIpc) is 2.59. The van der Waals surface area contributed by atoms with Gasteiger partial charge in [-0.15, -0.1) is 0 Å². The molecule has 0 heterocycles. The summed E-state index contributed by atoms with van der Waals surface area (Å²) in [6, 6.07) is 5.21. The molecule has 4 fully saturated rings. The number of hydrogen-bond acceptors (Lipinski definition) is 3. The molecule has 0 spiro atoms. The van der Waals surface area contributed by atoms with Gasteiger partial charge in [0.1, 0.15) is 5.82 Å². The number of hydrogen-bond donors (Lipinski definition) is 1. The Kier molecular flexibility index (Phi) is 4.49. The predicted molar refractivity (Wildman–Crippen MR) is 94.9 cm³/mol. The van der Waals surface area contributed by atoms with Crippen molar-refractivity contribution < 1.29 is 18.7 Å². The highest BCUT2D eigenvalue weighted by Crippen LogP contribution is 2.61. The van der Waals surface area contributed by atoms with Crippen LogP contribution in [-0.4, -0.2) is 24.5 Å². The maximum absolute atomic E-state index is 12.9. The van der Waals surface area contributed by atoms with E-state index >= 15 is 0 Å². The van der Waals surface area contributed by atoms with Crippen LogP contribution in [0.2, 0.25) is 0 Å². The molecule has 5 heteroatoms. The molecule has 1 aromatic rings. The lowest BCUT2D eigenvalue weighted by Gasteiger charge is -2.59. The van der Waals surface area contributed by atoms with Gasteiger partial charge in [0.15, 0.2) is 6.61 Å². The average molecular weight is 359 g/mol. The Morgan fingerprint density at radius 1 is 1.12 bits per heavy atom. The Bertz CT molecular complexity index is 664. The van der Waals surface area contributed by atoms with Gasteiger partial charge < -0.3 is 10.1 Å². The van der Waals surface area contributed by atoms with Crippen LogP contribution in [0.1, 0.15) is 55.8 Å². The maximum atomic E-state index is 12.9. The number of halogens is 1. The first kappa shape index (κ1) is 17.5. The number of carbonyl (C=O) groups excluding carboxylic acids is 2. The Balaban J connectivity index is 1.31. The SMILES string of the molecule is CC(NC(=O)COC(=O)c1ccc(F)cc1)C12CC3CC(CC(C3)C1)C2. The summed E-state index contributed by atoms with van der Waals surface area (Å²) in [7, 11) is 0. The molecule has 1 unspecified atom stereocenters. The lowest BCUT2D eigenvalue weighted by atomic mass is 9.48. The Labute approximate surface area is 153 Å². The molecule has 5 rings (SSSR count). The highest BCUT2D eigenvalue weighted by Gasteiger charge is 2.53. The normalized spacial score (nSPS) is 32.9. The molecule has 4 aliphatic rings. The fraction of sp³-hybridized carbons (Fsp3) is 0.619. The number of ether oxygens (including phenoxy) is 1. The van der Waals surface area contributed by atoms with E-state index < -0.39 is 11.8 Å². The molecule has 26 heavy (non-hydrogen) atoms. The molecule has 0 aromatic heterocycles. The van der Waals surface area contributed by atoms with Crippen molar-refractivity contribution in [2.75, 3.05) is 6.61 Å². The second-order valence-corrected chi connectivity index (χ2v) is 8.65. The summed E-state index contributed by atoms with van der Waals surface area (Å²) in [4.78, 5) is 24.2. The molecule has 1 atom stereocenters. The van der Waals surface area contributed by atoms with Crippen molar-refractivity contribution in [1.82, 2.24) is 5.32 Å². The van der Waals surface area contributed by atoms with Crippen molar-refractivity contribution in [3.63, 3.8) is 0 Å². The topological polar surface area (TPSA) is 55.4 Å². The molecule has 1 amide bonds. The van der Waals surface area contributed by atoms with Crippen molar-refractivity contribution in [2.45, 2.75) is 51.5 Å². The summed E-state index contributed by atoms with van der Waals surface area (Å²) < 4.78 is 18.0. The first-order valence-corrected chi connectivity index (χ1v) is 9.65. The molecule has 0 saturated heterocycles. The van der Waals surface area contributed by atoms with Crippen LogP contribution in [0.5, 0.6) is 0 Å². The smallest absolute Gasteiger partial charge is 0.338 e. The van der Waals surface area contributed by atoms with Crippen molar-refractivity contribution >= 4 is 11.9 Å². The third-order valence-electron chi connectivity index (χ3n) is 6.80. The van der Waals surface area contributed by atoms with E-state index in [9.17, 15) is 14.0 Å². The van der Waals surface area contributed by atoms with Crippen LogP contribution in [0.3, 0.4) is 0 Å². The highest BCUT2D eigenvalue weighted by molar-refractivity contribution is 5.91. The molecule has 0 radical (unpaired) electrons. The molecular weight excluding hydrogens is 333 g/mol. The Morgan fingerprint density at radius 2 is 1.65 bits per heavy atom. The summed E-state index contributed by atoms with van der Waals surface area (Å²) in [5, 5.41) is 3.08. The first-order valence-electron chi connectivity index (χ1n) is 9.65. The maximum Gasteiger partial charge on any atom is 0.338 e. The number of esters is 1. The minimum Gasteiger partial charge on any atom is -0.452 e. The van der Waals surface area contributed by atoms with Crippen molar-refractivity contribution in [3.05, 3.63) is 35.6 Å². The molecule has 4 nitrogen and oxygen atoms in total. The van der Waals surface area contributed by atoms with Crippen LogP contribution in [0.15, 0.2) is 24.3 Å². The van der Waals surface area contributed by atoms with Gasteiger partial charge in [0.25, 0.3) is 5.91 Å². The van der Waals surface area contributed by atoms with Gasteiger partial charge in [-0.2, -0.15) is 0 Å². The third kappa shape index (κ3) is 3.36. The standard InChI is InChI=1S/C21H26FNO3/c1-13(21-9-14-6-15(10-21)8-16(7-14)11-21)23-19(24)12-26-20(25)17-2-4-18(22)5-3-17/h2-5,13-16H,6-12H2,1H3,(H,23,24). The zero-order valence-corrected chi connectivity index (χ0v) is 15.2. The van der Waals surface area contributed by atoms with E-state index in [-0.39, 0.29) is 29.5 Å². The minimum atomic E-state index is -0.609. The third-order valence-corrected chi connectivity index (χ3v) is 6.80. The van der Waals surface area contributed by atoms with Gasteiger partial charge in [-0.25, -0.2) is 9.18 Å². The minimum absolute atomic E-state index is 0.105. The lowest BCUT2D eigenvalue weighted by molar-refractivity contribution is -0.128. The van der Waals surface area contributed by atoms with Crippen molar-refractivity contribution in [3.8, 4) is 0 Å². The van der Waals surface area contributed by atoms with Gasteiger partial charge in [0.2, 0.25) is 0 Å². The van der Waals surface area contributed by atoms with Gasteiger partial charge in [0.05, 0.1) is 5.56 Å². The fourth-order valence-electron chi connectivity index (χ4n) is 5.94. The largest absolute Gasteiger partial charge is 0.452 e. The van der Waals surface area contributed by atoms with Gasteiger partial charge >= 0.3 is 5.97 Å². The van der Waals surface area contributed by atoms with Crippen molar-refractivity contribution in [1.29, 1.82) is 0 Å². The van der Waals surface area contributed by atoms with Crippen LogP contribution < -0.4 is 5.32 Å². The molecule has 4 saturated carbocycles. The van der Waals surface area contributed by atoms with Crippen molar-refractivity contribution in [2.24, 2.45) is 23.2 Å². The zero-order valence-electron chi connectivity index (χ0n) is 15.2. The van der Waals surface area contributed by atoms with E-state index in [2.05, 4.69) is 12.2 Å². The first-order chi connectivity index (χ1) is 12.4. The predicted octanol–water partition coefficient (Wildman–Crippen LogP) is 3.70. The van der Waals surface area contributed by atoms with E-state index in [1.807, 2.05) is 0 Å². The number of benzene rings is 1. The number of carbonyl (C=O) groups is 2. The molecular formula is C21H26FNO3. The summed E-state index contributed by atoms with van der Waals surface area (Å²) in [6.45, 7) is 1.81. The van der Waals surface area contributed by atoms with Crippen LogP contribution in [0.25, 0.3) is 0 Å². The summed E-state index contributed by atoms with van der Waals surface area (Å²) >= 11 is 0. The van der Waals surface area contributed by atoms with Gasteiger partial charge in [-0.3, -0.25) is 4.79 Å². The molecule has 1 aromatic carbocycles. The van der Waals surface area contributed by atoms with Crippen LogP contribution in [0.4, 0.5) is 4.39 Å². The number of amides is 1. The van der Waals surface area contributed by atoms with Gasteiger partial charge in [0, 0.05) is 6.04 Å². The second kappa shape index (κ2) is 6.67. The van der Waals surface area contributed by atoms with E-state index in [1.165, 1.54) is 62.8 Å². The zero-order chi connectivity index (χ0) is 18.3. The van der Waals surface area contributed by atoms with E-state index in [1.54, 1.807) is 0 Å². The number of nitrogens with one attached hydrogen (secondary N) is 1. The molecule has 0 aliphatic heterocycles. The van der Waals surface area contributed by atoms with E-state index in [0.717, 1.165) is 17.8 Å². The van der Waals surface area contributed by atoms with E-state index in [4.69, 9.17) is 4.74 Å². The summed E-state index contributed by atoms with van der Waals surface area (Å²) in [5.41, 5.74) is 0.471. The van der Waals surface area contributed by atoms with Gasteiger partial charge in [-0.1, -0.05) is 0 Å².